The van der Waals surface area contributed by atoms with Crippen LogP contribution in [-0.2, 0) is 0 Å². The molecule has 1 nitrogen and oxygen atoms in total. The molecule has 2 aliphatic rings. The van der Waals surface area contributed by atoms with Gasteiger partial charge in [-0.2, -0.15) is 0 Å². The summed E-state index contributed by atoms with van der Waals surface area (Å²) in [4.78, 5) is 0. The smallest absolute Gasteiger partial charge is 0.112 e. The van der Waals surface area contributed by atoms with Crippen LogP contribution in [0.2, 0.25) is 0 Å². The van der Waals surface area contributed by atoms with Gasteiger partial charge in [-0.25, -0.2) is 4.39 Å². The van der Waals surface area contributed by atoms with Crippen LogP contribution in [0, 0.1) is 5.41 Å². The van der Waals surface area contributed by atoms with Gasteiger partial charge in [-0.3, -0.25) is 0 Å². The van der Waals surface area contributed by atoms with Crippen LogP contribution in [-0.4, -0.2) is 18.8 Å². The van der Waals surface area contributed by atoms with E-state index in [9.17, 15) is 4.39 Å². The summed E-state index contributed by atoms with van der Waals surface area (Å²) in [6.07, 6.45) is 4.80. The van der Waals surface area contributed by atoms with Crippen LogP contribution < -0.4 is 5.32 Å². The summed E-state index contributed by atoms with van der Waals surface area (Å²) in [7, 11) is 0. The quantitative estimate of drug-likeness (QED) is 0.638. The van der Waals surface area contributed by atoms with Gasteiger partial charge >= 0.3 is 0 Å². The Kier molecular flexibility index (Phi) is 1.90. The second-order valence-electron chi connectivity index (χ2n) is 4.64. The average molecular weight is 171 g/mol. The van der Waals surface area contributed by atoms with Crippen LogP contribution in [0.15, 0.2) is 0 Å². The maximum atomic E-state index is 13.6. The lowest BCUT2D eigenvalue weighted by molar-refractivity contribution is -0.0816. The monoisotopic (exact) mass is 171 g/mol. The molecule has 2 rings (SSSR count). The number of alkyl halides is 1. The highest BCUT2D eigenvalue weighted by Gasteiger charge is 2.53. The minimum atomic E-state index is -0.807. The SMILES string of the molecule is CCC1(F)CC2(CCCNC2)C1. The first-order chi connectivity index (χ1) is 5.68. The van der Waals surface area contributed by atoms with Crippen molar-refractivity contribution in [2.45, 2.75) is 44.7 Å². The molecule has 0 atom stereocenters. The van der Waals surface area contributed by atoms with Gasteiger partial charge in [-0.05, 0) is 44.1 Å². The van der Waals surface area contributed by atoms with E-state index in [1.165, 1.54) is 12.8 Å². The van der Waals surface area contributed by atoms with Crippen LogP contribution in [0.25, 0.3) is 0 Å². The van der Waals surface area contributed by atoms with Crippen molar-refractivity contribution in [3.8, 4) is 0 Å². The standard InChI is InChI=1S/C10H18FN/c1-2-10(11)6-9(7-10)4-3-5-12-8-9/h12H,2-8H2,1H3. The van der Waals surface area contributed by atoms with Gasteiger partial charge in [0.05, 0.1) is 0 Å². The third-order valence-electron chi connectivity index (χ3n) is 3.58. The largest absolute Gasteiger partial charge is 0.316 e. The van der Waals surface area contributed by atoms with Crippen molar-refractivity contribution in [2.75, 3.05) is 13.1 Å². The Bertz CT molecular complexity index is 165. The van der Waals surface area contributed by atoms with Gasteiger partial charge in [-0.1, -0.05) is 6.92 Å². The summed E-state index contributed by atoms with van der Waals surface area (Å²) in [6, 6.07) is 0. The van der Waals surface area contributed by atoms with E-state index < -0.39 is 5.67 Å². The van der Waals surface area contributed by atoms with E-state index in [1.54, 1.807) is 0 Å². The van der Waals surface area contributed by atoms with Crippen LogP contribution in [0.4, 0.5) is 4.39 Å². The highest BCUT2D eigenvalue weighted by Crippen LogP contribution is 2.55. The topological polar surface area (TPSA) is 12.0 Å². The first-order valence-electron chi connectivity index (χ1n) is 5.08. The van der Waals surface area contributed by atoms with Gasteiger partial charge in [0.15, 0.2) is 0 Å². The molecule has 2 fully saturated rings. The lowest BCUT2D eigenvalue weighted by Crippen LogP contribution is -2.55. The molecule has 0 aromatic carbocycles. The van der Waals surface area contributed by atoms with Crippen LogP contribution in [0.5, 0.6) is 0 Å². The number of nitrogens with one attached hydrogen (secondary N) is 1. The zero-order valence-electron chi connectivity index (χ0n) is 7.83. The maximum absolute atomic E-state index is 13.6. The summed E-state index contributed by atoms with van der Waals surface area (Å²) in [6.45, 7) is 4.15. The van der Waals surface area contributed by atoms with E-state index in [0.29, 0.717) is 11.8 Å². The molecular weight excluding hydrogens is 153 g/mol. The minimum Gasteiger partial charge on any atom is -0.316 e. The summed E-state index contributed by atoms with van der Waals surface area (Å²) in [5.74, 6) is 0. The van der Waals surface area contributed by atoms with Gasteiger partial charge in [0, 0.05) is 6.54 Å². The number of halogens is 1. The van der Waals surface area contributed by atoms with Crippen molar-refractivity contribution in [3.63, 3.8) is 0 Å². The van der Waals surface area contributed by atoms with Crippen molar-refractivity contribution in [2.24, 2.45) is 5.41 Å². The summed E-state index contributed by atoms with van der Waals surface area (Å²) >= 11 is 0. The zero-order chi connectivity index (χ0) is 8.66. The van der Waals surface area contributed by atoms with E-state index in [-0.39, 0.29) is 0 Å². The van der Waals surface area contributed by atoms with E-state index in [2.05, 4.69) is 5.32 Å². The number of piperidine rings is 1. The predicted octanol–water partition coefficient (Wildman–Crippen LogP) is 2.27. The lowest BCUT2D eigenvalue weighted by atomic mass is 9.56. The fourth-order valence-corrected chi connectivity index (χ4v) is 2.87. The molecule has 0 aromatic rings. The number of rotatable bonds is 1. The van der Waals surface area contributed by atoms with Gasteiger partial charge in [0.25, 0.3) is 0 Å². The van der Waals surface area contributed by atoms with Crippen LogP contribution >= 0.6 is 0 Å². The van der Waals surface area contributed by atoms with Crippen molar-refractivity contribution in [1.82, 2.24) is 5.32 Å². The number of hydrogen-bond acceptors (Lipinski definition) is 1. The van der Waals surface area contributed by atoms with E-state index in [0.717, 1.165) is 25.9 Å². The van der Waals surface area contributed by atoms with E-state index in [4.69, 9.17) is 0 Å². The fourth-order valence-electron chi connectivity index (χ4n) is 2.87. The van der Waals surface area contributed by atoms with Gasteiger partial charge < -0.3 is 5.32 Å². The van der Waals surface area contributed by atoms with Gasteiger partial charge in [0.1, 0.15) is 5.67 Å². The van der Waals surface area contributed by atoms with E-state index in [1.807, 2.05) is 6.92 Å². The molecule has 2 heteroatoms. The molecule has 1 aliphatic heterocycles. The molecule has 0 bridgehead atoms. The first kappa shape index (κ1) is 8.49. The lowest BCUT2D eigenvalue weighted by Gasteiger charge is -2.53. The molecule has 1 heterocycles. The second kappa shape index (κ2) is 2.69. The average Bonchev–Trinajstić information content (AvgIpc) is 2.04. The minimum absolute atomic E-state index is 0.350. The first-order valence-corrected chi connectivity index (χ1v) is 5.08. The molecule has 1 spiro atoms. The molecule has 70 valence electrons. The highest BCUT2D eigenvalue weighted by molar-refractivity contribution is 5.05. The summed E-state index contributed by atoms with van der Waals surface area (Å²) < 4.78 is 13.6. The third kappa shape index (κ3) is 1.26. The predicted molar refractivity (Wildman–Crippen MR) is 47.9 cm³/mol. The Balaban J connectivity index is 1.92. The summed E-state index contributed by atoms with van der Waals surface area (Å²) in [5, 5.41) is 3.37. The van der Waals surface area contributed by atoms with Crippen molar-refractivity contribution >= 4 is 0 Å². The van der Waals surface area contributed by atoms with Crippen molar-refractivity contribution in [1.29, 1.82) is 0 Å². The van der Waals surface area contributed by atoms with Crippen LogP contribution in [0.3, 0.4) is 0 Å². The Labute approximate surface area is 73.7 Å². The maximum Gasteiger partial charge on any atom is 0.112 e. The molecule has 1 saturated carbocycles. The normalized spacial score (nSPS) is 47.5. The fraction of sp³-hybridized carbons (Fsp3) is 1.00. The molecule has 0 amide bonds. The van der Waals surface area contributed by atoms with Crippen LogP contribution in [0.1, 0.15) is 39.0 Å². The van der Waals surface area contributed by atoms with Crippen molar-refractivity contribution in [3.05, 3.63) is 0 Å². The molecule has 1 aliphatic carbocycles. The van der Waals surface area contributed by atoms with Crippen molar-refractivity contribution < 1.29 is 4.39 Å². The molecule has 0 aromatic heterocycles. The molecular formula is C10H18FN. The number of hydrogen-bond donors (Lipinski definition) is 1. The second-order valence-corrected chi connectivity index (χ2v) is 4.64. The highest BCUT2D eigenvalue weighted by atomic mass is 19.1. The Morgan fingerprint density at radius 2 is 2.17 bits per heavy atom. The Hall–Kier alpha value is -0.110. The van der Waals surface area contributed by atoms with E-state index >= 15 is 0 Å². The summed E-state index contributed by atoms with van der Waals surface area (Å²) in [5.41, 5.74) is -0.456. The Morgan fingerprint density at radius 3 is 2.67 bits per heavy atom. The molecule has 0 unspecified atom stereocenters. The zero-order valence-corrected chi connectivity index (χ0v) is 7.83. The third-order valence-corrected chi connectivity index (χ3v) is 3.58. The molecule has 12 heavy (non-hydrogen) atoms. The molecule has 1 N–H and O–H groups in total. The molecule has 1 saturated heterocycles. The molecule has 0 radical (unpaired) electrons. The van der Waals surface area contributed by atoms with Gasteiger partial charge in [0.2, 0.25) is 0 Å². The Morgan fingerprint density at radius 1 is 1.42 bits per heavy atom. The van der Waals surface area contributed by atoms with Gasteiger partial charge in [-0.15, -0.1) is 0 Å².